The van der Waals surface area contributed by atoms with Gasteiger partial charge in [-0.05, 0) is 24.6 Å². The molecule has 1 atom stereocenters. The van der Waals surface area contributed by atoms with Crippen molar-refractivity contribution in [1.29, 1.82) is 5.26 Å². The molecule has 2 aromatic rings. The Morgan fingerprint density at radius 2 is 2.35 bits per heavy atom. The monoisotopic (exact) mass is 313 g/mol. The van der Waals surface area contributed by atoms with Gasteiger partial charge in [0, 0.05) is 25.8 Å². The largest absolute Gasteiger partial charge is 0.492 e. The zero-order valence-electron chi connectivity index (χ0n) is 12.8. The first-order valence-electron chi connectivity index (χ1n) is 7.59. The van der Waals surface area contributed by atoms with Crippen molar-refractivity contribution in [3.8, 4) is 11.8 Å². The maximum Gasteiger partial charge on any atom is 0.120 e. The summed E-state index contributed by atoms with van der Waals surface area (Å²) in [6, 6.07) is 9.21. The molecule has 1 N–H and O–H groups in total. The lowest BCUT2D eigenvalue weighted by Crippen LogP contribution is -2.38. The summed E-state index contributed by atoms with van der Waals surface area (Å²) in [5.41, 5.74) is -0.181. The lowest BCUT2D eigenvalue weighted by atomic mass is 10.0. The average Bonchev–Trinajstić information content (AvgIpc) is 3.18. The van der Waals surface area contributed by atoms with Crippen LogP contribution in [0.2, 0.25) is 0 Å². The summed E-state index contributed by atoms with van der Waals surface area (Å²) in [6.45, 7) is 3.13. The summed E-state index contributed by atoms with van der Waals surface area (Å²) >= 11 is 0. The highest BCUT2D eigenvalue weighted by Crippen LogP contribution is 2.22. The summed E-state index contributed by atoms with van der Waals surface area (Å²) in [4.78, 5) is 2.17. The van der Waals surface area contributed by atoms with E-state index in [1.54, 1.807) is 35.3 Å². The van der Waals surface area contributed by atoms with Crippen molar-refractivity contribution >= 4 is 0 Å². The van der Waals surface area contributed by atoms with Crippen LogP contribution in [-0.2, 0) is 6.54 Å². The van der Waals surface area contributed by atoms with Gasteiger partial charge in [-0.15, -0.1) is 5.10 Å². The van der Waals surface area contributed by atoms with Gasteiger partial charge >= 0.3 is 0 Å². The first-order valence-corrected chi connectivity index (χ1v) is 7.59. The molecule has 1 unspecified atom stereocenters. The maximum absolute atomic E-state index is 10.6. The van der Waals surface area contributed by atoms with E-state index in [1.165, 1.54) is 0 Å². The Kier molecular flexibility index (Phi) is 4.55. The fraction of sp³-hybridized carbons (Fsp3) is 0.438. The minimum absolute atomic E-state index is 0.453. The quantitative estimate of drug-likeness (QED) is 0.843. The van der Waals surface area contributed by atoms with Crippen molar-refractivity contribution in [1.82, 2.24) is 19.9 Å². The van der Waals surface area contributed by atoms with Gasteiger partial charge in [0.05, 0.1) is 30.0 Å². The van der Waals surface area contributed by atoms with Crippen LogP contribution in [0.4, 0.5) is 0 Å². The van der Waals surface area contributed by atoms with E-state index < -0.39 is 5.60 Å². The van der Waals surface area contributed by atoms with Crippen LogP contribution < -0.4 is 4.74 Å². The number of ether oxygens (including phenoxy) is 1. The van der Waals surface area contributed by atoms with E-state index in [0.717, 1.165) is 13.1 Å². The molecule has 1 aromatic heterocycles. The van der Waals surface area contributed by atoms with Crippen LogP contribution in [0.5, 0.6) is 5.75 Å². The Labute approximate surface area is 134 Å². The van der Waals surface area contributed by atoms with Gasteiger partial charge in [-0.2, -0.15) is 5.26 Å². The fourth-order valence-corrected chi connectivity index (χ4v) is 2.83. The Morgan fingerprint density at radius 3 is 3.13 bits per heavy atom. The summed E-state index contributed by atoms with van der Waals surface area (Å²) in [7, 11) is 0. The third kappa shape index (κ3) is 4.06. The third-order valence-electron chi connectivity index (χ3n) is 3.98. The van der Waals surface area contributed by atoms with Crippen LogP contribution in [0, 0.1) is 11.3 Å². The van der Waals surface area contributed by atoms with Crippen molar-refractivity contribution < 1.29 is 9.84 Å². The van der Waals surface area contributed by atoms with Crippen LogP contribution in [0.25, 0.3) is 0 Å². The third-order valence-corrected chi connectivity index (χ3v) is 3.98. The Morgan fingerprint density at radius 1 is 1.43 bits per heavy atom. The molecule has 1 saturated heterocycles. The Balaban J connectivity index is 1.46. The molecule has 0 bridgehead atoms. The van der Waals surface area contributed by atoms with Crippen LogP contribution in [0.3, 0.4) is 0 Å². The van der Waals surface area contributed by atoms with Gasteiger partial charge in [0.2, 0.25) is 0 Å². The molecule has 2 heterocycles. The summed E-state index contributed by atoms with van der Waals surface area (Å²) in [5.74, 6) is 0.695. The lowest BCUT2D eigenvalue weighted by Gasteiger charge is -2.23. The molecular formula is C16H19N5O2. The Hall–Kier alpha value is -2.43. The number of β-amino-alcohol motifs (C(OH)–C–C–N with tert-alkyl or cyclic N) is 1. The second-order valence-electron chi connectivity index (χ2n) is 5.84. The molecule has 1 fully saturated rings. The van der Waals surface area contributed by atoms with Crippen LogP contribution in [0.15, 0.2) is 36.7 Å². The van der Waals surface area contributed by atoms with Gasteiger partial charge in [0.15, 0.2) is 0 Å². The molecule has 0 saturated carbocycles. The van der Waals surface area contributed by atoms with E-state index in [1.807, 2.05) is 6.07 Å². The summed E-state index contributed by atoms with van der Waals surface area (Å²) < 4.78 is 7.34. The minimum atomic E-state index is -0.769. The number of benzene rings is 1. The predicted molar refractivity (Wildman–Crippen MR) is 82.7 cm³/mol. The van der Waals surface area contributed by atoms with Crippen molar-refractivity contribution in [2.75, 3.05) is 26.2 Å². The number of nitriles is 1. The van der Waals surface area contributed by atoms with Crippen molar-refractivity contribution in [3.63, 3.8) is 0 Å². The van der Waals surface area contributed by atoms with Gasteiger partial charge in [0.25, 0.3) is 0 Å². The minimum Gasteiger partial charge on any atom is -0.492 e. The molecule has 120 valence electrons. The number of nitrogens with zero attached hydrogens (tertiary/aromatic N) is 5. The standard InChI is InChI=1S/C16H19N5O2/c17-11-14-2-1-3-15(10-14)23-9-8-20-6-4-16(22,12-20)13-21-7-5-18-19-21/h1-3,5,7,10,22H,4,6,8-9,12-13H2. The van der Waals surface area contributed by atoms with Crippen molar-refractivity contribution in [2.24, 2.45) is 0 Å². The second-order valence-corrected chi connectivity index (χ2v) is 5.84. The lowest BCUT2D eigenvalue weighted by molar-refractivity contribution is 0.0271. The number of aromatic nitrogens is 3. The smallest absolute Gasteiger partial charge is 0.120 e. The molecule has 0 amide bonds. The molecule has 1 aromatic carbocycles. The fourth-order valence-electron chi connectivity index (χ4n) is 2.83. The Bertz CT molecular complexity index is 682. The summed E-state index contributed by atoms with van der Waals surface area (Å²) in [5, 5.41) is 27.1. The van der Waals surface area contributed by atoms with Crippen molar-refractivity contribution in [3.05, 3.63) is 42.2 Å². The van der Waals surface area contributed by atoms with Crippen LogP contribution in [-0.4, -0.2) is 56.8 Å². The number of aliphatic hydroxyl groups is 1. The zero-order valence-corrected chi connectivity index (χ0v) is 12.8. The van der Waals surface area contributed by atoms with Gasteiger partial charge in [-0.3, -0.25) is 4.90 Å². The number of rotatable bonds is 6. The van der Waals surface area contributed by atoms with Gasteiger partial charge in [0.1, 0.15) is 12.4 Å². The van der Waals surface area contributed by atoms with E-state index in [0.29, 0.717) is 37.4 Å². The molecule has 1 aliphatic rings. The molecule has 7 heteroatoms. The highest BCUT2D eigenvalue weighted by atomic mass is 16.5. The SMILES string of the molecule is N#Cc1cccc(OCCN2CCC(O)(Cn3ccnn3)C2)c1. The van der Waals surface area contributed by atoms with E-state index in [4.69, 9.17) is 10.00 Å². The highest BCUT2D eigenvalue weighted by Gasteiger charge is 2.36. The molecule has 0 spiro atoms. The first-order chi connectivity index (χ1) is 11.2. The van der Waals surface area contributed by atoms with E-state index >= 15 is 0 Å². The first kappa shape index (κ1) is 15.5. The molecular weight excluding hydrogens is 294 g/mol. The molecule has 23 heavy (non-hydrogen) atoms. The van der Waals surface area contributed by atoms with E-state index in [-0.39, 0.29) is 0 Å². The molecule has 0 aliphatic carbocycles. The number of hydrogen-bond acceptors (Lipinski definition) is 6. The number of likely N-dealkylation sites (tertiary alicyclic amines) is 1. The second kappa shape index (κ2) is 6.77. The van der Waals surface area contributed by atoms with Gasteiger partial charge in [-0.1, -0.05) is 11.3 Å². The topological polar surface area (TPSA) is 87.2 Å². The van der Waals surface area contributed by atoms with Crippen molar-refractivity contribution in [2.45, 2.75) is 18.6 Å². The van der Waals surface area contributed by atoms with E-state index in [2.05, 4.69) is 21.3 Å². The number of hydrogen-bond donors (Lipinski definition) is 1. The zero-order chi connectivity index (χ0) is 16.1. The molecule has 7 nitrogen and oxygen atoms in total. The highest BCUT2D eigenvalue weighted by molar-refractivity contribution is 5.36. The average molecular weight is 313 g/mol. The maximum atomic E-state index is 10.6. The molecule has 1 aliphatic heterocycles. The van der Waals surface area contributed by atoms with Crippen LogP contribution in [0.1, 0.15) is 12.0 Å². The van der Waals surface area contributed by atoms with E-state index in [9.17, 15) is 5.11 Å². The molecule has 3 rings (SSSR count). The normalized spacial score (nSPS) is 21.2. The summed E-state index contributed by atoms with van der Waals surface area (Å²) in [6.07, 6.45) is 4.07. The van der Waals surface area contributed by atoms with Gasteiger partial charge in [-0.25, -0.2) is 4.68 Å². The van der Waals surface area contributed by atoms with Gasteiger partial charge < -0.3 is 9.84 Å². The molecule has 0 radical (unpaired) electrons. The predicted octanol–water partition coefficient (Wildman–Crippen LogP) is 0.666. The van der Waals surface area contributed by atoms with Crippen LogP contribution >= 0.6 is 0 Å².